The Labute approximate surface area is 68.8 Å². The van der Waals surface area contributed by atoms with Gasteiger partial charge in [-0.05, 0) is 6.92 Å². The second-order valence-electron chi connectivity index (χ2n) is 2.22. The number of rotatable bonds is 0. The van der Waals surface area contributed by atoms with E-state index in [0.717, 1.165) is 16.9 Å². The number of imidazole rings is 1. The number of aryl methyl sites for hydroxylation is 1. The van der Waals surface area contributed by atoms with E-state index in [4.69, 9.17) is 0 Å². The van der Waals surface area contributed by atoms with Crippen molar-refractivity contribution in [2.75, 3.05) is 0 Å². The van der Waals surface area contributed by atoms with Gasteiger partial charge in [-0.2, -0.15) is 0 Å². The van der Waals surface area contributed by atoms with Crippen LogP contribution < -0.4 is 0 Å². The van der Waals surface area contributed by atoms with E-state index in [1.165, 1.54) is 6.33 Å². The molecule has 0 bridgehead atoms. The second-order valence-corrected chi connectivity index (χ2v) is 2.65. The molecule has 0 saturated carbocycles. The highest BCUT2D eigenvalue weighted by molar-refractivity contribution is 7.78. The molecule has 0 aromatic carbocycles. The highest BCUT2D eigenvalue weighted by Gasteiger charge is 2.03. The van der Waals surface area contributed by atoms with Gasteiger partial charge < -0.3 is 0 Å². The average molecular weight is 166 g/mol. The van der Waals surface area contributed by atoms with Crippen LogP contribution in [-0.4, -0.2) is 18.9 Å². The average Bonchev–Trinajstić information content (AvgIpc) is 2.35. The third-order valence-electron chi connectivity index (χ3n) is 1.50. The smallest absolute Gasteiger partial charge is 0.173 e. The second kappa shape index (κ2) is 2.20. The van der Waals surface area contributed by atoms with E-state index < -0.39 is 0 Å². The van der Waals surface area contributed by atoms with Crippen LogP contribution in [0.5, 0.6) is 0 Å². The lowest BCUT2D eigenvalue weighted by molar-refractivity contribution is 1.13. The SMILES string of the molecule is Cc1ncnc2c1ncn2S. The van der Waals surface area contributed by atoms with Gasteiger partial charge in [-0.1, -0.05) is 12.8 Å². The molecule has 0 atom stereocenters. The summed E-state index contributed by atoms with van der Waals surface area (Å²) in [5.41, 5.74) is 2.44. The molecule has 2 rings (SSSR count). The predicted molar refractivity (Wildman–Crippen MR) is 44.4 cm³/mol. The molecule has 0 aliphatic rings. The Balaban J connectivity index is 2.94. The minimum atomic E-state index is 0.751. The molecule has 2 aromatic rings. The largest absolute Gasteiger partial charge is 0.259 e. The van der Waals surface area contributed by atoms with Crippen molar-refractivity contribution < 1.29 is 0 Å². The van der Waals surface area contributed by atoms with Crippen LogP contribution in [0.25, 0.3) is 11.2 Å². The van der Waals surface area contributed by atoms with E-state index in [-0.39, 0.29) is 0 Å². The highest BCUT2D eigenvalue weighted by Crippen LogP contribution is 2.11. The molecule has 0 N–H and O–H groups in total. The van der Waals surface area contributed by atoms with Crippen LogP contribution in [0.15, 0.2) is 12.7 Å². The number of aromatic nitrogens is 4. The molecule has 5 heteroatoms. The lowest BCUT2D eigenvalue weighted by Crippen LogP contribution is -1.87. The Bertz CT molecular complexity index is 394. The Morgan fingerprint density at radius 2 is 2.18 bits per heavy atom. The quantitative estimate of drug-likeness (QED) is 0.589. The van der Waals surface area contributed by atoms with Crippen LogP contribution in [0.3, 0.4) is 0 Å². The van der Waals surface area contributed by atoms with Gasteiger partial charge in [0.2, 0.25) is 0 Å². The zero-order valence-corrected chi connectivity index (χ0v) is 6.79. The van der Waals surface area contributed by atoms with Crippen molar-refractivity contribution in [3.05, 3.63) is 18.3 Å². The number of fused-ring (bicyclic) bond motifs is 1. The Hall–Kier alpha value is -1.10. The third kappa shape index (κ3) is 0.883. The molecule has 56 valence electrons. The first-order valence-corrected chi connectivity index (χ1v) is 3.53. The molecular weight excluding hydrogens is 160 g/mol. The van der Waals surface area contributed by atoms with E-state index in [1.807, 2.05) is 6.92 Å². The van der Waals surface area contributed by atoms with Crippen molar-refractivity contribution in [3.8, 4) is 0 Å². The summed E-state index contributed by atoms with van der Waals surface area (Å²) >= 11 is 4.11. The molecule has 0 fully saturated rings. The topological polar surface area (TPSA) is 43.6 Å². The minimum Gasteiger partial charge on any atom is -0.259 e. The van der Waals surface area contributed by atoms with E-state index in [1.54, 1.807) is 10.3 Å². The fourth-order valence-electron chi connectivity index (χ4n) is 0.940. The summed E-state index contributed by atoms with van der Waals surface area (Å²) < 4.78 is 1.57. The van der Waals surface area contributed by atoms with Gasteiger partial charge in [0, 0.05) is 0 Å². The maximum atomic E-state index is 4.11. The number of thiol groups is 1. The van der Waals surface area contributed by atoms with E-state index in [0.29, 0.717) is 0 Å². The summed E-state index contributed by atoms with van der Waals surface area (Å²) in [5.74, 6) is 0. The van der Waals surface area contributed by atoms with E-state index >= 15 is 0 Å². The molecule has 0 saturated heterocycles. The molecule has 0 aliphatic carbocycles. The van der Waals surface area contributed by atoms with Gasteiger partial charge in [0.1, 0.15) is 18.2 Å². The Kier molecular flexibility index (Phi) is 1.32. The number of nitrogens with zero attached hydrogens (tertiary/aromatic N) is 4. The molecule has 2 heterocycles. The fraction of sp³-hybridized carbons (Fsp3) is 0.167. The van der Waals surface area contributed by atoms with Crippen LogP contribution in [0.2, 0.25) is 0 Å². The Morgan fingerprint density at radius 3 is 2.91 bits per heavy atom. The minimum absolute atomic E-state index is 0.751. The van der Waals surface area contributed by atoms with Crippen LogP contribution in [0.4, 0.5) is 0 Å². The molecule has 4 nitrogen and oxygen atoms in total. The van der Waals surface area contributed by atoms with Crippen molar-refractivity contribution in [2.45, 2.75) is 6.92 Å². The molecule has 0 amide bonds. The van der Waals surface area contributed by atoms with Gasteiger partial charge in [0.25, 0.3) is 0 Å². The molecule has 0 aliphatic heterocycles. The highest BCUT2D eigenvalue weighted by atomic mass is 32.1. The van der Waals surface area contributed by atoms with Gasteiger partial charge >= 0.3 is 0 Å². The zero-order valence-electron chi connectivity index (χ0n) is 5.89. The van der Waals surface area contributed by atoms with Gasteiger partial charge in [0.15, 0.2) is 5.65 Å². The summed E-state index contributed by atoms with van der Waals surface area (Å²) in [6, 6.07) is 0. The zero-order chi connectivity index (χ0) is 7.84. The first kappa shape index (κ1) is 6.60. The monoisotopic (exact) mass is 166 g/mol. The van der Waals surface area contributed by atoms with Gasteiger partial charge in [-0.15, -0.1) is 0 Å². The first-order chi connectivity index (χ1) is 5.29. The fourth-order valence-corrected chi connectivity index (χ4v) is 1.14. The van der Waals surface area contributed by atoms with Crippen molar-refractivity contribution in [3.63, 3.8) is 0 Å². The van der Waals surface area contributed by atoms with Crippen molar-refractivity contribution in [2.24, 2.45) is 0 Å². The van der Waals surface area contributed by atoms with Crippen molar-refractivity contribution in [1.29, 1.82) is 0 Å². The number of hydrogen-bond acceptors (Lipinski definition) is 4. The summed E-state index contributed by atoms with van der Waals surface area (Å²) in [7, 11) is 0. The summed E-state index contributed by atoms with van der Waals surface area (Å²) in [6.45, 7) is 1.89. The lowest BCUT2D eigenvalue weighted by atomic mass is 10.4. The lowest BCUT2D eigenvalue weighted by Gasteiger charge is -1.92. The number of hydrogen-bond donors (Lipinski definition) is 1. The third-order valence-corrected chi connectivity index (χ3v) is 1.79. The van der Waals surface area contributed by atoms with Crippen LogP contribution >= 0.6 is 12.8 Å². The molecule has 11 heavy (non-hydrogen) atoms. The maximum absolute atomic E-state index is 4.11. The van der Waals surface area contributed by atoms with Crippen molar-refractivity contribution >= 4 is 24.0 Å². The molecule has 0 spiro atoms. The van der Waals surface area contributed by atoms with Gasteiger partial charge in [-0.25, -0.2) is 15.0 Å². The summed E-state index contributed by atoms with van der Waals surface area (Å²) in [4.78, 5) is 12.1. The predicted octanol–water partition coefficient (Wildman–Crippen LogP) is 0.828. The molecule has 0 unspecified atom stereocenters. The van der Waals surface area contributed by atoms with Crippen LogP contribution in [-0.2, 0) is 0 Å². The standard InChI is InChI=1S/C6H6N4S/c1-4-5-6(8-2-7-4)10(11)3-9-5/h2-3,11H,1H3. The van der Waals surface area contributed by atoms with Crippen LogP contribution in [0, 0.1) is 6.92 Å². The molecule has 2 aromatic heterocycles. The summed E-state index contributed by atoms with van der Waals surface area (Å²) in [5, 5.41) is 0. The van der Waals surface area contributed by atoms with Crippen LogP contribution in [0.1, 0.15) is 5.69 Å². The maximum Gasteiger partial charge on any atom is 0.173 e. The summed E-state index contributed by atoms with van der Waals surface area (Å²) in [6.07, 6.45) is 3.11. The normalized spacial score (nSPS) is 10.7. The molecular formula is C6H6N4S. The van der Waals surface area contributed by atoms with Gasteiger partial charge in [-0.3, -0.25) is 3.97 Å². The van der Waals surface area contributed by atoms with Gasteiger partial charge in [0.05, 0.1) is 5.69 Å². The Morgan fingerprint density at radius 1 is 1.36 bits per heavy atom. The van der Waals surface area contributed by atoms with E-state index in [9.17, 15) is 0 Å². The molecule has 0 radical (unpaired) electrons. The van der Waals surface area contributed by atoms with E-state index in [2.05, 4.69) is 27.8 Å². The first-order valence-electron chi connectivity index (χ1n) is 3.13. The van der Waals surface area contributed by atoms with Crippen molar-refractivity contribution in [1.82, 2.24) is 18.9 Å².